The van der Waals surface area contributed by atoms with Crippen molar-refractivity contribution in [3.8, 4) is 5.75 Å². The quantitative estimate of drug-likeness (QED) is 0.711. The number of hydrogen-bond acceptors (Lipinski definition) is 3. The van der Waals surface area contributed by atoms with E-state index in [0.717, 1.165) is 0 Å². The molecule has 0 bridgehead atoms. The molecule has 122 valence electrons. The summed E-state index contributed by atoms with van der Waals surface area (Å²) < 4.78 is 5.47. The van der Waals surface area contributed by atoms with Gasteiger partial charge >= 0.3 is 0 Å². The topological polar surface area (TPSA) is 67.4 Å². The van der Waals surface area contributed by atoms with Crippen LogP contribution in [0.25, 0.3) is 0 Å². The molecule has 22 heavy (non-hydrogen) atoms. The van der Waals surface area contributed by atoms with Crippen LogP contribution in [-0.2, 0) is 9.59 Å². The summed E-state index contributed by atoms with van der Waals surface area (Å²) in [6.07, 6.45) is 0.802. The predicted octanol–water partition coefficient (Wildman–Crippen LogP) is 2.79. The Hall–Kier alpha value is -1.46. The Labute approximate surface area is 140 Å². The second kappa shape index (κ2) is 9.54. The van der Waals surface area contributed by atoms with E-state index in [4.69, 9.17) is 27.9 Å². The normalized spacial score (nSPS) is 10.4. The Bertz CT molecular complexity index is 522. The highest BCUT2D eigenvalue weighted by Gasteiger charge is 2.07. The van der Waals surface area contributed by atoms with Gasteiger partial charge < -0.3 is 15.4 Å². The summed E-state index contributed by atoms with van der Waals surface area (Å²) >= 11 is 11.7. The summed E-state index contributed by atoms with van der Waals surface area (Å²) in [6.45, 7) is 4.06. The molecule has 0 unspecified atom stereocenters. The van der Waals surface area contributed by atoms with Gasteiger partial charge in [-0.15, -0.1) is 0 Å². The van der Waals surface area contributed by atoms with Gasteiger partial charge in [0.25, 0.3) is 0 Å². The lowest BCUT2D eigenvalue weighted by molar-refractivity contribution is -0.126. The first kappa shape index (κ1) is 18.6. The van der Waals surface area contributed by atoms with Gasteiger partial charge in [0.2, 0.25) is 11.8 Å². The Morgan fingerprint density at radius 3 is 2.59 bits per heavy atom. The van der Waals surface area contributed by atoms with Crippen LogP contribution >= 0.6 is 23.2 Å². The van der Waals surface area contributed by atoms with Crippen molar-refractivity contribution < 1.29 is 14.3 Å². The molecule has 0 aliphatic rings. The molecule has 0 atom stereocenters. The van der Waals surface area contributed by atoms with E-state index in [2.05, 4.69) is 10.6 Å². The van der Waals surface area contributed by atoms with Crippen molar-refractivity contribution in [1.29, 1.82) is 0 Å². The number of benzene rings is 1. The van der Waals surface area contributed by atoms with E-state index in [1.165, 1.54) is 0 Å². The minimum Gasteiger partial charge on any atom is -0.492 e. The summed E-state index contributed by atoms with van der Waals surface area (Å²) in [5, 5.41) is 6.22. The van der Waals surface area contributed by atoms with E-state index in [1.54, 1.807) is 18.2 Å². The monoisotopic (exact) mass is 346 g/mol. The highest BCUT2D eigenvalue weighted by atomic mass is 35.5. The third kappa shape index (κ3) is 7.52. The second-order valence-corrected chi connectivity index (χ2v) is 5.87. The molecule has 0 fully saturated rings. The fourth-order valence-corrected chi connectivity index (χ4v) is 2.11. The fraction of sp³-hybridized carbons (Fsp3) is 0.467. The van der Waals surface area contributed by atoms with E-state index in [-0.39, 0.29) is 30.8 Å². The summed E-state index contributed by atoms with van der Waals surface area (Å²) in [5.74, 6) is 0.139. The Morgan fingerprint density at radius 2 is 1.95 bits per heavy atom. The molecule has 0 radical (unpaired) electrons. The molecule has 0 heterocycles. The first-order chi connectivity index (χ1) is 10.4. The van der Waals surface area contributed by atoms with Gasteiger partial charge in [-0.25, -0.2) is 0 Å². The van der Waals surface area contributed by atoms with Crippen LogP contribution in [-0.4, -0.2) is 31.0 Å². The molecule has 0 spiro atoms. The minimum absolute atomic E-state index is 0.0130. The van der Waals surface area contributed by atoms with Crippen molar-refractivity contribution in [2.75, 3.05) is 13.2 Å². The maximum atomic E-state index is 11.6. The van der Waals surface area contributed by atoms with Gasteiger partial charge in [-0.3, -0.25) is 9.59 Å². The summed E-state index contributed by atoms with van der Waals surface area (Å²) in [7, 11) is 0. The SMILES string of the molecule is CC(C)NC(=O)CNC(=O)CCCOc1ccc(Cl)cc1Cl. The highest BCUT2D eigenvalue weighted by molar-refractivity contribution is 6.35. The molecule has 0 aromatic heterocycles. The molecule has 0 aliphatic carbocycles. The number of rotatable bonds is 8. The first-order valence-corrected chi connectivity index (χ1v) is 7.78. The molecule has 0 aliphatic heterocycles. The zero-order valence-electron chi connectivity index (χ0n) is 12.6. The lowest BCUT2D eigenvalue weighted by atomic mass is 10.3. The molecular formula is C15H20Cl2N2O3. The van der Waals surface area contributed by atoms with Gasteiger partial charge in [-0.05, 0) is 38.5 Å². The second-order valence-electron chi connectivity index (χ2n) is 5.03. The van der Waals surface area contributed by atoms with Crippen LogP contribution in [0.5, 0.6) is 5.75 Å². The van der Waals surface area contributed by atoms with E-state index in [1.807, 2.05) is 13.8 Å². The standard InChI is InChI=1S/C15H20Cl2N2O3/c1-10(2)19-15(21)9-18-14(20)4-3-7-22-13-6-5-11(16)8-12(13)17/h5-6,8,10H,3-4,7,9H2,1-2H3,(H,18,20)(H,19,21). The Kier molecular flexibility index (Phi) is 8.06. The molecule has 1 aromatic rings. The van der Waals surface area contributed by atoms with Gasteiger partial charge in [-0.2, -0.15) is 0 Å². The van der Waals surface area contributed by atoms with E-state index in [0.29, 0.717) is 28.8 Å². The Balaban J connectivity index is 2.18. The van der Waals surface area contributed by atoms with Gasteiger partial charge in [0.05, 0.1) is 18.2 Å². The van der Waals surface area contributed by atoms with Crippen LogP contribution < -0.4 is 15.4 Å². The minimum atomic E-state index is -0.201. The molecule has 5 nitrogen and oxygen atoms in total. The molecule has 2 N–H and O–H groups in total. The van der Waals surface area contributed by atoms with Crippen LogP contribution in [0, 0.1) is 0 Å². The van der Waals surface area contributed by atoms with Gasteiger partial charge in [0.1, 0.15) is 5.75 Å². The maximum absolute atomic E-state index is 11.6. The van der Waals surface area contributed by atoms with E-state index >= 15 is 0 Å². The van der Waals surface area contributed by atoms with Crippen molar-refractivity contribution in [2.24, 2.45) is 0 Å². The van der Waals surface area contributed by atoms with Gasteiger partial charge in [0, 0.05) is 17.5 Å². The average Bonchev–Trinajstić information content (AvgIpc) is 2.42. The first-order valence-electron chi connectivity index (χ1n) is 7.02. The smallest absolute Gasteiger partial charge is 0.239 e. The van der Waals surface area contributed by atoms with Crippen LogP contribution in [0.4, 0.5) is 0 Å². The van der Waals surface area contributed by atoms with Crippen molar-refractivity contribution >= 4 is 35.0 Å². The molecule has 0 saturated carbocycles. The van der Waals surface area contributed by atoms with Gasteiger partial charge in [-0.1, -0.05) is 23.2 Å². The Morgan fingerprint density at radius 1 is 1.23 bits per heavy atom. The number of ether oxygens (including phenoxy) is 1. The van der Waals surface area contributed by atoms with Crippen LogP contribution in [0.2, 0.25) is 10.0 Å². The molecule has 0 saturated heterocycles. The average molecular weight is 347 g/mol. The summed E-state index contributed by atoms with van der Waals surface area (Å²) in [4.78, 5) is 22.9. The van der Waals surface area contributed by atoms with Crippen molar-refractivity contribution in [2.45, 2.75) is 32.7 Å². The lowest BCUT2D eigenvalue weighted by Crippen LogP contribution is -2.39. The lowest BCUT2D eigenvalue weighted by Gasteiger charge is -2.10. The number of amides is 2. The fourth-order valence-electron chi connectivity index (χ4n) is 1.65. The summed E-state index contributed by atoms with van der Waals surface area (Å²) in [5.41, 5.74) is 0. The maximum Gasteiger partial charge on any atom is 0.239 e. The van der Waals surface area contributed by atoms with Crippen molar-refractivity contribution in [1.82, 2.24) is 10.6 Å². The largest absolute Gasteiger partial charge is 0.492 e. The van der Waals surface area contributed by atoms with Gasteiger partial charge in [0.15, 0.2) is 0 Å². The summed E-state index contributed by atoms with van der Waals surface area (Å²) in [6, 6.07) is 5.02. The molecule has 2 amide bonds. The number of carbonyl (C=O) groups excluding carboxylic acids is 2. The zero-order chi connectivity index (χ0) is 16.5. The number of hydrogen-bond donors (Lipinski definition) is 2. The van der Waals surface area contributed by atoms with E-state index in [9.17, 15) is 9.59 Å². The highest BCUT2D eigenvalue weighted by Crippen LogP contribution is 2.27. The molecule has 7 heteroatoms. The van der Waals surface area contributed by atoms with Crippen LogP contribution in [0.15, 0.2) is 18.2 Å². The third-order valence-corrected chi connectivity index (χ3v) is 3.13. The molecular weight excluding hydrogens is 327 g/mol. The molecule has 1 rings (SSSR count). The zero-order valence-corrected chi connectivity index (χ0v) is 14.1. The van der Waals surface area contributed by atoms with E-state index < -0.39 is 0 Å². The number of nitrogens with one attached hydrogen (secondary N) is 2. The van der Waals surface area contributed by atoms with Crippen molar-refractivity contribution in [3.05, 3.63) is 28.2 Å². The number of halogens is 2. The third-order valence-electron chi connectivity index (χ3n) is 2.60. The van der Waals surface area contributed by atoms with Crippen LogP contribution in [0.3, 0.4) is 0 Å². The van der Waals surface area contributed by atoms with Crippen molar-refractivity contribution in [3.63, 3.8) is 0 Å². The van der Waals surface area contributed by atoms with Crippen LogP contribution in [0.1, 0.15) is 26.7 Å². The predicted molar refractivity (Wildman–Crippen MR) is 87.5 cm³/mol. The number of carbonyl (C=O) groups is 2. The molecule has 1 aromatic carbocycles.